The van der Waals surface area contributed by atoms with Gasteiger partial charge >= 0.3 is 0 Å². The van der Waals surface area contributed by atoms with Gasteiger partial charge in [0.25, 0.3) is 0 Å². The number of carbonyl (C=O) groups is 1. The first-order valence-electron chi connectivity index (χ1n) is 6.87. The van der Waals surface area contributed by atoms with Gasteiger partial charge in [0.15, 0.2) is 0 Å². The summed E-state index contributed by atoms with van der Waals surface area (Å²) < 4.78 is 13.1. The van der Waals surface area contributed by atoms with E-state index in [4.69, 9.17) is 11.6 Å². The van der Waals surface area contributed by atoms with E-state index in [0.29, 0.717) is 12.2 Å². The zero-order valence-electron chi connectivity index (χ0n) is 12.7. The molecule has 118 valence electrons. The molecule has 0 fully saturated rings. The van der Waals surface area contributed by atoms with Gasteiger partial charge in [-0.2, -0.15) is 0 Å². The fraction of sp³-hybridized carbons (Fsp3) is 0.312. The summed E-state index contributed by atoms with van der Waals surface area (Å²) >= 11 is 7.40. The molecule has 22 heavy (non-hydrogen) atoms. The van der Waals surface area contributed by atoms with E-state index in [1.165, 1.54) is 28.6 Å². The molecule has 0 aliphatic rings. The maximum absolute atomic E-state index is 13.1. The van der Waals surface area contributed by atoms with Crippen LogP contribution in [0.5, 0.6) is 0 Å². The zero-order valence-corrected chi connectivity index (χ0v) is 14.3. The van der Waals surface area contributed by atoms with E-state index in [1.54, 1.807) is 11.3 Å². The molecular formula is C16H18ClFN2OS. The Bertz CT molecular complexity index is 674. The lowest BCUT2D eigenvalue weighted by Gasteiger charge is -2.23. The topological polar surface area (TPSA) is 32.3 Å². The maximum Gasteiger partial charge on any atom is 0.241 e. The predicted molar refractivity (Wildman–Crippen MR) is 90.0 cm³/mol. The number of hydrogen-bond acceptors (Lipinski definition) is 3. The third-order valence-corrected chi connectivity index (χ3v) is 4.89. The average Bonchev–Trinajstić information content (AvgIpc) is 2.87. The molecule has 1 amide bonds. The molecule has 0 spiro atoms. The van der Waals surface area contributed by atoms with E-state index in [0.717, 1.165) is 0 Å². The van der Waals surface area contributed by atoms with E-state index in [9.17, 15) is 9.18 Å². The fourth-order valence-corrected chi connectivity index (χ4v) is 3.10. The van der Waals surface area contributed by atoms with Crippen LogP contribution < -0.4 is 5.32 Å². The number of rotatable bonds is 5. The van der Waals surface area contributed by atoms with Gasteiger partial charge in [-0.05, 0) is 56.1 Å². The summed E-state index contributed by atoms with van der Waals surface area (Å²) in [7, 11) is 1.90. The summed E-state index contributed by atoms with van der Waals surface area (Å²) in [6.45, 7) is 4.61. The lowest BCUT2D eigenvalue weighted by atomic mass is 10.2. The Hall–Kier alpha value is -1.43. The molecule has 0 saturated heterocycles. The summed E-state index contributed by atoms with van der Waals surface area (Å²) in [4.78, 5) is 15.5. The van der Waals surface area contributed by atoms with Crippen molar-refractivity contribution in [3.05, 3.63) is 50.9 Å². The van der Waals surface area contributed by atoms with Crippen molar-refractivity contribution in [2.75, 3.05) is 12.4 Å². The van der Waals surface area contributed by atoms with Gasteiger partial charge in [-0.3, -0.25) is 9.69 Å². The van der Waals surface area contributed by atoms with Gasteiger partial charge in [-0.15, -0.1) is 11.3 Å². The van der Waals surface area contributed by atoms with Crippen molar-refractivity contribution in [1.29, 1.82) is 0 Å². The van der Waals surface area contributed by atoms with Crippen LogP contribution >= 0.6 is 22.9 Å². The second-order valence-corrected chi connectivity index (χ2v) is 6.64. The molecule has 0 aliphatic heterocycles. The monoisotopic (exact) mass is 340 g/mol. The Balaban J connectivity index is 1.99. The molecule has 2 rings (SSSR count). The minimum Gasteiger partial charge on any atom is -0.325 e. The van der Waals surface area contributed by atoms with Gasteiger partial charge in [-0.1, -0.05) is 11.6 Å². The van der Waals surface area contributed by atoms with E-state index in [-0.39, 0.29) is 17.0 Å². The van der Waals surface area contributed by atoms with Crippen LogP contribution in [0.3, 0.4) is 0 Å². The molecule has 0 saturated carbocycles. The van der Waals surface area contributed by atoms with Crippen LogP contribution in [0, 0.1) is 12.7 Å². The number of anilines is 1. The third kappa shape index (κ3) is 4.06. The lowest BCUT2D eigenvalue weighted by Crippen LogP contribution is -2.39. The Kier molecular flexibility index (Phi) is 5.56. The largest absolute Gasteiger partial charge is 0.325 e. The number of benzene rings is 1. The highest BCUT2D eigenvalue weighted by Crippen LogP contribution is 2.21. The first-order valence-corrected chi connectivity index (χ1v) is 8.13. The number of halogens is 2. The fourth-order valence-electron chi connectivity index (χ4n) is 1.95. The van der Waals surface area contributed by atoms with Crippen molar-refractivity contribution in [3.63, 3.8) is 0 Å². The Morgan fingerprint density at radius 3 is 2.77 bits per heavy atom. The standard InChI is InChI=1S/C16H18ClFN2OS/c1-10-6-7-22-15(10)9-20(3)11(2)16(21)19-12-4-5-14(18)13(17)8-12/h4-8,11H,9H2,1-3H3,(H,19,21). The smallest absolute Gasteiger partial charge is 0.241 e. The summed E-state index contributed by atoms with van der Waals surface area (Å²) in [5.74, 6) is -0.655. The van der Waals surface area contributed by atoms with Crippen molar-refractivity contribution < 1.29 is 9.18 Å². The van der Waals surface area contributed by atoms with Crippen LogP contribution in [0.1, 0.15) is 17.4 Å². The number of aryl methyl sites for hydroxylation is 1. The van der Waals surface area contributed by atoms with Gasteiger partial charge in [0.05, 0.1) is 11.1 Å². The van der Waals surface area contributed by atoms with E-state index >= 15 is 0 Å². The van der Waals surface area contributed by atoms with Crippen LogP contribution in [0.2, 0.25) is 5.02 Å². The zero-order chi connectivity index (χ0) is 16.3. The molecule has 1 heterocycles. The molecule has 1 N–H and O–H groups in total. The molecule has 6 heteroatoms. The maximum atomic E-state index is 13.1. The molecule has 1 unspecified atom stereocenters. The van der Waals surface area contributed by atoms with Crippen LogP contribution in [0.25, 0.3) is 0 Å². The molecule has 1 aromatic heterocycles. The number of nitrogens with zero attached hydrogens (tertiary/aromatic N) is 1. The van der Waals surface area contributed by atoms with Crippen molar-refractivity contribution in [2.45, 2.75) is 26.4 Å². The SMILES string of the molecule is Cc1ccsc1CN(C)C(C)C(=O)Nc1ccc(F)c(Cl)c1. The van der Waals surface area contributed by atoms with Crippen molar-refractivity contribution in [3.8, 4) is 0 Å². The van der Waals surface area contributed by atoms with Crippen molar-refractivity contribution >= 4 is 34.5 Å². The number of carbonyl (C=O) groups excluding carboxylic acids is 1. The highest BCUT2D eigenvalue weighted by Gasteiger charge is 2.19. The van der Waals surface area contributed by atoms with Crippen molar-refractivity contribution in [2.24, 2.45) is 0 Å². The van der Waals surface area contributed by atoms with Crippen LogP contribution in [-0.2, 0) is 11.3 Å². The average molecular weight is 341 g/mol. The molecule has 2 aromatic rings. The number of likely N-dealkylation sites (N-methyl/N-ethyl adjacent to an activating group) is 1. The number of amides is 1. The van der Waals surface area contributed by atoms with E-state index in [1.807, 2.05) is 24.3 Å². The Morgan fingerprint density at radius 2 is 2.18 bits per heavy atom. The van der Waals surface area contributed by atoms with Gasteiger partial charge < -0.3 is 5.32 Å². The van der Waals surface area contributed by atoms with Gasteiger partial charge in [0.1, 0.15) is 5.82 Å². The summed E-state index contributed by atoms with van der Waals surface area (Å²) in [5.41, 5.74) is 1.72. The minimum atomic E-state index is -0.502. The number of nitrogens with one attached hydrogen (secondary N) is 1. The van der Waals surface area contributed by atoms with Crippen molar-refractivity contribution in [1.82, 2.24) is 4.90 Å². The van der Waals surface area contributed by atoms with Gasteiger partial charge in [0, 0.05) is 17.1 Å². The molecule has 3 nitrogen and oxygen atoms in total. The molecule has 1 atom stereocenters. The summed E-state index contributed by atoms with van der Waals surface area (Å²) in [6, 6.07) is 5.89. The molecular weight excluding hydrogens is 323 g/mol. The van der Waals surface area contributed by atoms with E-state index < -0.39 is 5.82 Å². The van der Waals surface area contributed by atoms with Crippen LogP contribution in [0.4, 0.5) is 10.1 Å². The second-order valence-electron chi connectivity index (χ2n) is 5.24. The third-order valence-electron chi connectivity index (χ3n) is 3.59. The van der Waals surface area contributed by atoms with Crippen LogP contribution in [0.15, 0.2) is 29.6 Å². The molecule has 0 bridgehead atoms. The molecule has 1 aromatic carbocycles. The minimum absolute atomic E-state index is 0.00646. The first-order chi connectivity index (χ1) is 10.4. The number of hydrogen-bond donors (Lipinski definition) is 1. The van der Waals surface area contributed by atoms with Gasteiger partial charge in [0.2, 0.25) is 5.91 Å². The molecule has 0 radical (unpaired) electrons. The normalized spacial score (nSPS) is 12.5. The summed E-state index contributed by atoms with van der Waals surface area (Å²) in [6.07, 6.45) is 0. The van der Waals surface area contributed by atoms with E-state index in [2.05, 4.69) is 18.3 Å². The highest BCUT2D eigenvalue weighted by molar-refractivity contribution is 7.10. The first kappa shape index (κ1) is 16.9. The number of thiophene rings is 1. The highest BCUT2D eigenvalue weighted by atomic mass is 35.5. The predicted octanol–water partition coefficient (Wildman–Crippen LogP) is 4.31. The summed E-state index contributed by atoms with van der Waals surface area (Å²) in [5, 5.41) is 4.80. The Morgan fingerprint density at radius 1 is 1.45 bits per heavy atom. The Labute approximate surface area is 138 Å². The van der Waals surface area contributed by atoms with Gasteiger partial charge in [-0.25, -0.2) is 4.39 Å². The quantitative estimate of drug-likeness (QED) is 0.879. The molecule has 0 aliphatic carbocycles. The lowest BCUT2D eigenvalue weighted by molar-refractivity contribution is -0.120. The van der Waals surface area contributed by atoms with Crippen LogP contribution in [-0.4, -0.2) is 23.9 Å². The second kappa shape index (κ2) is 7.22.